The molecule has 5 aromatic heterocycles. The third kappa shape index (κ3) is 7.73. The Morgan fingerprint density at radius 1 is 0.231 bits per heavy atom. The van der Waals surface area contributed by atoms with Gasteiger partial charge >= 0.3 is 0 Å². The fourth-order valence-corrected chi connectivity index (χ4v) is 15.3. The summed E-state index contributed by atoms with van der Waals surface area (Å²) < 4.78 is 9.59. The molecule has 6 nitrogen and oxygen atoms in total. The molecule has 0 N–H and O–H groups in total. The molecule has 0 radical (unpaired) electrons. The van der Waals surface area contributed by atoms with E-state index < -0.39 is 0 Å². The average molecular weight is 1160 g/mol. The zero-order valence-electron chi connectivity index (χ0n) is 50.1. The molecule has 13 aromatic carbocycles. The quantitative estimate of drug-likeness (QED) is 0.152. The first-order valence-corrected chi connectivity index (χ1v) is 31.4. The molecule has 0 fully saturated rings. The maximum atomic E-state index is 5.47. The first kappa shape index (κ1) is 51.2. The number of rotatable bonds is 8. The minimum atomic E-state index is -0.204. The molecular weight excluding hydrogens is 1100 g/mol. The van der Waals surface area contributed by atoms with Gasteiger partial charge in [0.2, 0.25) is 5.95 Å². The van der Waals surface area contributed by atoms with Gasteiger partial charge in [0.05, 0.1) is 55.5 Å². The van der Waals surface area contributed by atoms with Gasteiger partial charge in [-0.3, -0.25) is 4.57 Å². The van der Waals surface area contributed by atoms with Crippen molar-refractivity contribution in [2.45, 2.75) is 19.3 Å². The molecule has 0 bridgehead atoms. The molecule has 5 heterocycles. The Morgan fingerprint density at radius 2 is 0.538 bits per heavy atom. The van der Waals surface area contributed by atoms with Gasteiger partial charge in [0.15, 0.2) is 0 Å². The van der Waals surface area contributed by atoms with Gasteiger partial charge in [0, 0.05) is 76.7 Å². The van der Waals surface area contributed by atoms with Gasteiger partial charge in [0.25, 0.3) is 0 Å². The molecule has 0 atom stereocenters. The summed E-state index contributed by atoms with van der Waals surface area (Å²) in [4.78, 5) is 10.9. The maximum absolute atomic E-state index is 5.47. The fraction of sp³-hybridized carbons (Fsp3) is 0.0353. The number of hydrogen-bond acceptors (Lipinski definition) is 2. The van der Waals surface area contributed by atoms with Crippen molar-refractivity contribution in [2.75, 3.05) is 0 Å². The molecule has 0 unspecified atom stereocenters. The monoisotopic (exact) mass is 1160 g/mol. The standard InChI is InChI=1S/C85H56N6/c1-85(2)72-40-36-55(57-38-42-78-66(46-57)70-50-80-68(48-82(70)90(78)61-30-16-7-17-31-61)62-32-18-20-34-76(62)88(80)59-26-12-5-13-27-59)44-64(72)65-45-56(37-41-73(65)85)58-39-43-79-67(47-58)71-51-81-69(63-33-19-21-35-77(63)89(81)60-28-14-6-15-29-60)49-83(71)91(79)84-86-74(53-22-8-3-9-23-53)52-75(87-84)54-24-10-4-11-25-54/h3-52H,1-2H3. The Balaban J connectivity index is 0.790. The van der Waals surface area contributed by atoms with Crippen molar-refractivity contribution >= 4 is 87.2 Å². The van der Waals surface area contributed by atoms with Crippen LogP contribution in [0.4, 0.5) is 0 Å². The van der Waals surface area contributed by atoms with E-state index in [0.29, 0.717) is 5.95 Å². The van der Waals surface area contributed by atoms with Crippen LogP contribution in [-0.4, -0.2) is 28.2 Å². The second-order valence-electron chi connectivity index (χ2n) is 24.9. The van der Waals surface area contributed by atoms with Gasteiger partial charge in [-0.1, -0.05) is 202 Å². The van der Waals surface area contributed by atoms with Crippen molar-refractivity contribution in [1.82, 2.24) is 28.2 Å². The molecule has 0 spiro atoms. The zero-order chi connectivity index (χ0) is 60.1. The summed E-state index contributed by atoms with van der Waals surface area (Å²) in [5.74, 6) is 0.622. The van der Waals surface area contributed by atoms with Gasteiger partial charge in [0.1, 0.15) is 0 Å². The Labute approximate surface area is 525 Å². The van der Waals surface area contributed by atoms with Crippen LogP contribution in [0.5, 0.6) is 0 Å². The summed E-state index contributed by atoms with van der Waals surface area (Å²) in [6.07, 6.45) is 0. The lowest BCUT2D eigenvalue weighted by molar-refractivity contribution is 0.660. The van der Waals surface area contributed by atoms with E-state index in [4.69, 9.17) is 9.97 Å². The van der Waals surface area contributed by atoms with Crippen molar-refractivity contribution < 1.29 is 0 Å². The second-order valence-corrected chi connectivity index (χ2v) is 24.9. The smallest absolute Gasteiger partial charge is 0.235 e. The van der Waals surface area contributed by atoms with E-state index >= 15 is 0 Å². The second kappa shape index (κ2) is 19.6. The first-order chi connectivity index (χ1) is 44.9. The van der Waals surface area contributed by atoms with E-state index in [9.17, 15) is 0 Å². The van der Waals surface area contributed by atoms with Crippen molar-refractivity contribution in [3.05, 3.63) is 314 Å². The van der Waals surface area contributed by atoms with Crippen LogP contribution in [0.2, 0.25) is 0 Å². The van der Waals surface area contributed by atoms with Gasteiger partial charge in [-0.15, -0.1) is 0 Å². The van der Waals surface area contributed by atoms with E-state index in [0.717, 1.165) is 83.5 Å². The summed E-state index contributed by atoms with van der Waals surface area (Å²) in [6.45, 7) is 4.76. The summed E-state index contributed by atoms with van der Waals surface area (Å²) in [7, 11) is 0. The highest BCUT2D eigenvalue weighted by Gasteiger charge is 2.36. The van der Waals surface area contributed by atoms with Crippen LogP contribution >= 0.6 is 0 Å². The van der Waals surface area contributed by atoms with E-state index in [-0.39, 0.29) is 5.41 Å². The highest BCUT2D eigenvalue weighted by Crippen LogP contribution is 2.52. The number of fused-ring (bicyclic) bond motifs is 15. The van der Waals surface area contributed by atoms with Gasteiger partial charge in [-0.25, -0.2) is 9.97 Å². The Kier molecular flexibility index (Phi) is 11.0. The summed E-state index contributed by atoms with van der Waals surface area (Å²) >= 11 is 0. The number of nitrogens with zero attached hydrogens (tertiary/aromatic N) is 6. The van der Waals surface area contributed by atoms with Crippen LogP contribution in [-0.2, 0) is 5.41 Å². The third-order valence-electron chi connectivity index (χ3n) is 19.6. The average Bonchev–Trinajstić information content (AvgIpc) is 1.57. The lowest BCUT2D eigenvalue weighted by atomic mass is 9.82. The summed E-state index contributed by atoms with van der Waals surface area (Å²) in [5.41, 5.74) is 26.1. The van der Waals surface area contributed by atoms with E-state index in [1.807, 2.05) is 0 Å². The number of aromatic nitrogens is 6. The van der Waals surface area contributed by atoms with E-state index in [1.54, 1.807) is 0 Å². The van der Waals surface area contributed by atoms with Crippen LogP contribution < -0.4 is 0 Å². The molecule has 0 saturated carbocycles. The molecule has 1 aliphatic carbocycles. The predicted octanol–water partition coefficient (Wildman–Crippen LogP) is 21.8. The first-order valence-electron chi connectivity index (χ1n) is 31.4. The highest BCUT2D eigenvalue weighted by atomic mass is 15.2. The van der Waals surface area contributed by atoms with Crippen LogP contribution in [0.1, 0.15) is 25.0 Å². The zero-order valence-corrected chi connectivity index (χ0v) is 50.1. The largest absolute Gasteiger partial charge is 0.309 e. The molecule has 0 aliphatic heterocycles. The molecule has 6 heteroatoms. The Morgan fingerprint density at radius 3 is 0.956 bits per heavy atom. The van der Waals surface area contributed by atoms with Crippen molar-refractivity contribution in [2.24, 2.45) is 0 Å². The molecule has 0 saturated heterocycles. The van der Waals surface area contributed by atoms with Gasteiger partial charge in [-0.05, 0) is 160 Å². The fourth-order valence-electron chi connectivity index (χ4n) is 15.3. The van der Waals surface area contributed by atoms with Crippen molar-refractivity contribution in [3.63, 3.8) is 0 Å². The van der Waals surface area contributed by atoms with Crippen LogP contribution in [0, 0.1) is 0 Å². The molecule has 91 heavy (non-hydrogen) atoms. The van der Waals surface area contributed by atoms with Gasteiger partial charge in [-0.2, -0.15) is 0 Å². The van der Waals surface area contributed by atoms with Gasteiger partial charge < -0.3 is 13.7 Å². The third-order valence-corrected chi connectivity index (χ3v) is 19.6. The van der Waals surface area contributed by atoms with Crippen molar-refractivity contribution in [3.8, 4) is 78.9 Å². The number of benzene rings is 13. The minimum Gasteiger partial charge on any atom is -0.309 e. The molecule has 1 aliphatic rings. The molecule has 0 amide bonds. The minimum absolute atomic E-state index is 0.204. The molecule has 19 rings (SSSR count). The van der Waals surface area contributed by atoms with Crippen LogP contribution in [0.15, 0.2) is 303 Å². The Bertz CT molecular complexity index is 5950. The normalized spacial score (nSPS) is 12.8. The van der Waals surface area contributed by atoms with E-state index in [1.165, 1.54) is 87.8 Å². The number of hydrogen-bond donors (Lipinski definition) is 0. The summed E-state index contributed by atoms with van der Waals surface area (Å²) in [5, 5.41) is 9.53. The van der Waals surface area contributed by atoms with Crippen LogP contribution in [0.3, 0.4) is 0 Å². The maximum Gasteiger partial charge on any atom is 0.235 e. The SMILES string of the molecule is CC1(C)c2ccc(-c3ccc4c(c3)c3cc5c(cc3n4-c3ccccc3)c3ccccc3n5-c3ccccc3)cc2-c2cc(-c3ccc4c(c3)c3cc5c(cc3n4-c3nc(-c4ccccc4)cc(-c4ccccc4)n3)c3ccccc3n5-c3ccccc3)ccc21. The molecular formula is C85H56N6. The molecule has 18 aromatic rings. The molecule has 426 valence electrons. The Hall–Kier alpha value is -11.9. The van der Waals surface area contributed by atoms with E-state index in [2.05, 4.69) is 335 Å². The number of para-hydroxylation sites is 5. The predicted molar refractivity (Wildman–Crippen MR) is 379 cm³/mol. The topological polar surface area (TPSA) is 45.5 Å². The van der Waals surface area contributed by atoms with Crippen LogP contribution in [0.25, 0.3) is 166 Å². The highest BCUT2D eigenvalue weighted by molar-refractivity contribution is 6.21. The van der Waals surface area contributed by atoms with Crippen molar-refractivity contribution in [1.29, 1.82) is 0 Å². The lowest BCUT2D eigenvalue weighted by Gasteiger charge is -2.21. The lowest BCUT2D eigenvalue weighted by Crippen LogP contribution is -2.14. The summed E-state index contributed by atoms with van der Waals surface area (Å²) in [6, 6.07) is 111.